The van der Waals surface area contributed by atoms with Crippen LogP contribution in [-0.4, -0.2) is 19.1 Å². The molecule has 11 rings (SSSR count). The first-order valence-corrected chi connectivity index (χ1v) is 18.3. The molecule has 8 aromatic carbocycles. The van der Waals surface area contributed by atoms with Crippen LogP contribution in [0.25, 0.3) is 99.7 Å². The Bertz CT molecular complexity index is 3210. The van der Waals surface area contributed by atoms with Crippen molar-refractivity contribution < 1.29 is 0 Å². The van der Waals surface area contributed by atoms with Crippen LogP contribution in [0.4, 0.5) is 0 Å². The van der Waals surface area contributed by atoms with Crippen LogP contribution >= 0.6 is 0 Å². The first-order valence-electron chi connectivity index (χ1n) is 18.3. The molecule has 0 fully saturated rings. The Morgan fingerprint density at radius 3 is 1.50 bits per heavy atom. The van der Waals surface area contributed by atoms with Crippen molar-refractivity contribution in [3.8, 4) is 45.1 Å². The van der Waals surface area contributed by atoms with E-state index in [1.807, 2.05) is 12.1 Å². The molecule has 0 N–H and O–H groups in total. The van der Waals surface area contributed by atoms with Crippen molar-refractivity contribution in [3.05, 3.63) is 194 Å². The van der Waals surface area contributed by atoms with E-state index in [0.29, 0.717) is 5.95 Å². The lowest BCUT2D eigenvalue weighted by Crippen LogP contribution is -2.03. The number of aromatic nitrogens is 4. The van der Waals surface area contributed by atoms with Crippen molar-refractivity contribution in [1.82, 2.24) is 19.1 Å². The fraction of sp³-hybridized carbons (Fsp3) is 0. The van der Waals surface area contributed by atoms with Crippen molar-refractivity contribution in [1.29, 1.82) is 0 Å². The second-order valence-corrected chi connectivity index (χ2v) is 13.8. The summed E-state index contributed by atoms with van der Waals surface area (Å²) in [7, 11) is 0. The van der Waals surface area contributed by atoms with Gasteiger partial charge in [-0.15, -0.1) is 0 Å². The van der Waals surface area contributed by atoms with Crippen LogP contribution in [0.3, 0.4) is 0 Å². The van der Waals surface area contributed by atoms with Crippen LogP contribution in [0.1, 0.15) is 0 Å². The van der Waals surface area contributed by atoms with Gasteiger partial charge in [-0.25, -0.2) is 9.97 Å². The molecule has 0 aliphatic heterocycles. The molecule has 0 amide bonds. The zero-order valence-corrected chi connectivity index (χ0v) is 29.3. The Morgan fingerprint density at radius 2 is 0.815 bits per heavy atom. The highest BCUT2D eigenvalue weighted by molar-refractivity contribution is 6.13. The van der Waals surface area contributed by atoms with Gasteiger partial charge in [-0.05, 0) is 65.2 Å². The maximum atomic E-state index is 5.26. The zero-order valence-electron chi connectivity index (χ0n) is 29.3. The number of nitrogens with zero attached hydrogens (tertiary/aromatic N) is 4. The van der Waals surface area contributed by atoms with Crippen LogP contribution < -0.4 is 0 Å². The van der Waals surface area contributed by atoms with Crippen LogP contribution in [-0.2, 0) is 0 Å². The van der Waals surface area contributed by atoms with Crippen LogP contribution in [0, 0.1) is 0 Å². The monoisotopic (exact) mass is 688 g/mol. The average Bonchev–Trinajstić information content (AvgIpc) is 3.76. The number of benzene rings is 8. The minimum absolute atomic E-state index is 0.663. The lowest BCUT2D eigenvalue weighted by molar-refractivity contribution is 1.01. The Hall–Kier alpha value is -7.30. The number of para-hydroxylation sites is 4. The third-order valence-corrected chi connectivity index (χ3v) is 10.7. The van der Waals surface area contributed by atoms with Crippen LogP contribution in [0.2, 0.25) is 0 Å². The predicted molar refractivity (Wildman–Crippen MR) is 225 cm³/mol. The second-order valence-electron chi connectivity index (χ2n) is 13.8. The normalized spacial score (nSPS) is 11.7. The highest BCUT2D eigenvalue weighted by Crippen LogP contribution is 2.40. The molecule has 0 atom stereocenters. The molecule has 11 aromatic rings. The molecular formula is C50H32N4. The molecule has 3 aromatic heterocycles. The number of hydrogen-bond donors (Lipinski definition) is 0. The molecule has 3 heterocycles. The van der Waals surface area contributed by atoms with Gasteiger partial charge in [-0.1, -0.05) is 146 Å². The van der Waals surface area contributed by atoms with Gasteiger partial charge in [0.05, 0.1) is 39.0 Å². The van der Waals surface area contributed by atoms with E-state index in [-0.39, 0.29) is 0 Å². The molecule has 0 spiro atoms. The number of hydrogen-bond acceptors (Lipinski definition) is 2. The molecule has 0 saturated heterocycles. The summed E-state index contributed by atoms with van der Waals surface area (Å²) in [5.41, 5.74) is 13.4. The summed E-state index contributed by atoms with van der Waals surface area (Å²) in [5.74, 6) is 0.663. The highest BCUT2D eigenvalue weighted by atomic mass is 15.2. The minimum Gasteiger partial charge on any atom is -0.309 e. The molecule has 0 saturated carbocycles. The maximum Gasteiger partial charge on any atom is 0.235 e. The van der Waals surface area contributed by atoms with Gasteiger partial charge in [0.25, 0.3) is 0 Å². The van der Waals surface area contributed by atoms with E-state index in [9.17, 15) is 0 Å². The van der Waals surface area contributed by atoms with Gasteiger partial charge in [0.2, 0.25) is 5.95 Å². The molecule has 54 heavy (non-hydrogen) atoms. The van der Waals surface area contributed by atoms with Crippen molar-refractivity contribution in [2.45, 2.75) is 0 Å². The van der Waals surface area contributed by atoms with Gasteiger partial charge < -0.3 is 4.57 Å². The summed E-state index contributed by atoms with van der Waals surface area (Å²) < 4.78 is 4.63. The van der Waals surface area contributed by atoms with Gasteiger partial charge >= 0.3 is 0 Å². The van der Waals surface area contributed by atoms with Gasteiger partial charge in [0.1, 0.15) is 0 Å². The molecule has 0 radical (unpaired) electrons. The maximum absolute atomic E-state index is 5.26. The van der Waals surface area contributed by atoms with E-state index >= 15 is 0 Å². The summed E-state index contributed by atoms with van der Waals surface area (Å²) in [6.45, 7) is 0. The van der Waals surface area contributed by atoms with E-state index < -0.39 is 0 Å². The molecule has 0 aliphatic carbocycles. The summed E-state index contributed by atoms with van der Waals surface area (Å²) in [4.78, 5) is 10.4. The van der Waals surface area contributed by atoms with E-state index in [1.54, 1.807) is 0 Å². The topological polar surface area (TPSA) is 35.6 Å². The smallest absolute Gasteiger partial charge is 0.235 e. The predicted octanol–water partition coefficient (Wildman–Crippen LogP) is 12.8. The average molecular weight is 689 g/mol. The van der Waals surface area contributed by atoms with Crippen molar-refractivity contribution in [3.63, 3.8) is 0 Å². The quantitative estimate of drug-likeness (QED) is 0.180. The lowest BCUT2D eigenvalue weighted by atomic mass is 10.0. The van der Waals surface area contributed by atoms with Gasteiger partial charge in [-0.3, -0.25) is 4.57 Å². The first-order chi connectivity index (χ1) is 26.8. The van der Waals surface area contributed by atoms with Gasteiger partial charge in [-0.2, -0.15) is 0 Å². The first kappa shape index (κ1) is 30.3. The lowest BCUT2D eigenvalue weighted by Gasteiger charge is -2.14. The largest absolute Gasteiger partial charge is 0.309 e. The fourth-order valence-electron chi connectivity index (χ4n) is 8.29. The molecular weight excluding hydrogens is 657 g/mol. The molecule has 252 valence electrons. The summed E-state index contributed by atoms with van der Waals surface area (Å²) in [5, 5.41) is 5.84. The van der Waals surface area contributed by atoms with Crippen LogP contribution in [0.5, 0.6) is 0 Å². The second kappa shape index (κ2) is 12.1. The standard InChI is InChI=1S/C50H32N4/c1-3-15-33(16-4-1)37-19-8-12-24-44(37)53-45-25-13-9-20-38(45)41-31-35(27-29-47(41)53)36-28-30-48-42(32-36)39-21-10-14-26-46(39)54(48)50-51-43-23-11-7-22-40(43)49(52-50)34-17-5-2-6-18-34/h1-32H. The summed E-state index contributed by atoms with van der Waals surface area (Å²) >= 11 is 0. The highest BCUT2D eigenvalue weighted by Gasteiger charge is 2.19. The van der Waals surface area contributed by atoms with E-state index in [1.165, 1.54) is 60.5 Å². The third-order valence-electron chi connectivity index (χ3n) is 10.7. The SMILES string of the molecule is c1ccc(-c2ccccc2-n2c3ccccc3c3cc(-c4ccc5c(c4)c4ccccc4n5-c4nc(-c5ccccc5)c5ccccc5n4)ccc32)cc1. The minimum atomic E-state index is 0.663. The summed E-state index contributed by atoms with van der Waals surface area (Å²) in [6.07, 6.45) is 0. The van der Waals surface area contributed by atoms with E-state index in [0.717, 1.165) is 33.2 Å². The molecule has 0 aliphatic rings. The fourth-order valence-corrected chi connectivity index (χ4v) is 8.29. The van der Waals surface area contributed by atoms with Gasteiger partial charge in [0.15, 0.2) is 0 Å². The van der Waals surface area contributed by atoms with E-state index in [4.69, 9.17) is 9.97 Å². The van der Waals surface area contributed by atoms with Crippen LogP contribution in [0.15, 0.2) is 194 Å². The third kappa shape index (κ3) is 4.70. The Balaban J connectivity index is 1.10. The Labute approximate surface area is 311 Å². The van der Waals surface area contributed by atoms with Crippen molar-refractivity contribution in [2.75, 3.05) is 0 Å². The molecule has 4 nitrogen and oxygen atoms in total. The summed E-state index contributed by atoms with van der Waals surface area (Å²) in [6, 6.07) is 69.1. The Kier molecular flexibility index (Phi) is 6.82. The van der Waals surface area contributed by atoms with Crippen molar-refractivity contribution in [2.24, 2.45) is 0 Å². The number of fused-ring (bicyclic) bond motifs is 7. The van der Waals surface area contributed by atoms with Crippen molar-refractivity contribution >= 4 is 54.5 Å². The zero-order chi connectivity index (χ0) is 35.6. The van der Waals surface area contributed by atoms with Gasteiger partial charge in [0, 0.05) is 38.1 Å². The van der Waals surface area contributed by atoms with E-state index in [2.05, 4.69) is 191 Å². The number of rotatable bonds is 5. The molecule has 0 unspecified atom stereocenters. The molecule has 0 bridgehead atoms. The Morgan fingerprint density at radius 1 is 0.315 bits per heavy atom. The molecule has 4 heteroatoms.